The van der Waals surface area contributed by atoms with Crippen molar-refractivity contribution in [1.29, 1.82) is 5.26 Å². The van der Waals surface area contributed by atoms with Gasteiger partial charge in [0.05, 0.1) is 5.56 Å². The third-order valence-electron chi connectivity index (χ3n) is 5.71. The first-order valence-corrected chi connectivity index (χ1v) is 12.5. The summed E-state index contributed by atoms with van der Waals surface area (Å²) >= 11 is 3.12. The summed E-state index contributed by atoms with van der Waals surface area (Å²) in [5.41, 5.74) is 2.87. The number of benzene rings is 1. The largest absolute Gasteiger partial charge is 0.317 e. The number of carbonyl (C=O) groups is 1. The molecule has 5 rings (SSSR count). The molecule has 1 amide bonds. The summed E-state index contributed by atoms with van der Waals surface area (Å²) in [6.45, 7) is 0. The van der Waals surface area contributed by atoms with Crippen molar-refractivity contribution in [3.63, 3.8) is 0 Å². The highest BCUT2D eigenvalue weighted by atomic mass is 32.2. The standard InChI is InChI=1S/C23H23N5OS2/c24-14-18-17-8-4-5-9-19(17)31-22(18)25-20(29)12-13-30-23-27-26-21(15-10-11-15)28(23)16-6-2-1-3-7-16/h1-3,6-7,15H,4-5,8-13H2,(H,25,29). The predicted octanol–water partition coefficient (Wildman–Crippen LogP) is 5.08. The summed E-state index contributed by atoms with van der Waals surface area (Å²) in [5, 5.41) is 22.9. The van der Waals surface area contributed by atoms with Crippen molar-refractivity contribution in [1.82, 2.24) is 14.8 Å². The van der Waals surface area contributed by atoms with Crippen LogP contribution in [0.2, 0.25) is 0 Å². The van der Waals surface area contributed by atoms with Crippen LogP contribution in [0.3, 0.4) is 0 Å². The average Bonchev–Trinajstić information content (AvgIpc) is 3.45. The molecule has 0 spiro atoms. The molecule has 2 heterocycles. The molecule has 2 aliphatic carbocycles. The number of aryl methyl sites for hydroxylation is 1. The molecule has 0 unspecified atom stereocenters. The van der Waals surface area contributed by atoms with Gasteiger partial charge in [-0.2, -0.15) is 5.26 Å². The molecular formula is C23H23N5OS2. The molecule has 1 saturated carbocycles. The van der Waals surface area contributed by atoms with Gasteiger partial charge in [-0.1, -0.05) is 30.0 Å². The molecule has 0 saturated heterocycles. The van der Waals surface area contributed by atoms with Gasteiger partial charge in [0, 0.05) is 28.7 Å². The minimum Gasteiger partial charge on any atom is -0.317 e. The lowest BCUT2D eigenvalue weighted by atomic mass is 9.96. The molecule has 8 heteroatoms. The number of nitrogens with one attached hydrogen (secondary N) is 1. The Balaban J connectivity index is 1.25. The molecule has 0 atom stereocenters. The Bertz CT molecular complexity index is 1140. The summed E-state index contributed by atoms with van der Waals surface area (Å²) in [6, 6.07) is 12.5. The van der Waals surface area contributed by atoms with E-state index in [9.17, 15) is 10.1 Å². The second-order valence-corrected chi connectivity index (χ2v) is 10.1. The number of thioether (sulfide) groups is 1. The molecule has 3 aromatic rings. The highest BCUT2D eigenvalue weighted by Gasteiger charge is 2.31. The minimum atomic E-state index is -0.0595. The van der Waals surface area contributed by atoms with Crippen LogP contribution in [0.5, 0.6) is 0 Å². The molecule has 0 radical (unpaired) electrons. The van der Waals surface area contributed by atoms with Crippen molar-refractivity contribution >= 4 is 34.0 Å². The van der Waals surface area contributed by atoms with Gasteiger partial charge in [-0.25, -0.2) is 0 Å². The third-order valence-corrected chi connectivity index (χ3v) is 7.85. The van der Waals surface area contributed by atoms with E-state index in [1.807, 2.05) is 18.2 Å². The lowest BCUT2D eigenvalue weighted by molar-refractivity contribution is -0.115. The molecule has 1 aromatic carbocycles. The monoisotopic (exact) mass is 449 g/mol. The van der Waals surface area contributed by atoms with Gasteiger partial charge in [-0.3, -0.25) is 9.36 Å². The fraction of sp³-hybridized carbons (Fsp3) is 0.391. The Morgan fingerprint density at radius 2 is 2.03 bits per heavy atom. The van der Waals surface area contributed by atoms with E-state index in [4.69, 9.17) is 0 Å². The van der Waals surface area contributed by atoms with E-state index >= 15 is 0 Å². The Morgan fingerprint density at radius 3 is 2.81 bits per heavy atom. The maximum absolute atomic E-state index is 12.6. The lowest BCUT2D eigenvalue weighted by Gasteiger charge is -2.10. The Labute approximate surface area is 189 Å². The maximum Gasteiger partial charge on any atom is 0.225 e. The van der Waals surface area contributed by atoms with Crippen LogP contribution in [-0.2, 0) is 17.6 Å². The van der Waals surface area contributed by atoms with Crippen molar-refractivity contribution in [2.75, 3.05) is 11.1 Å². The van der Waals surface area contributed by atoms with E-state index < -0.39 is 0 Å². The van der Waals surface area contributed by atoms with Gasteiger partial charge in [-0.15, -0.1) is 21.5 Å². The number of para-hydroxylation sites is 1. The molecular weight excluding hydrogens is 426 g/mol. The number of amides is 1. The second-order valence-electron chi connectivity index (χ2n) is 7.96. The first-order chi connectivity index (χ1) is 15.2. The molecule has 1 fully saturated rings. The Kier molecular flexibility index (Phi) is 5.79. The second kappa shape index (κ2) is 8.85. The molecule has 0 aliphatic heterocycles. The molecule has 0 bridgehead atoms. The predicted molar refractivity (Wildman–Crippen MR) is 123 cm³/mol. The van der Waals surface area contributed by atoms with Gasteiger partial charge in [-0.05, 0) is 56.2 Å². The first-order valence-electron chi connectivity index (χ1n) is 10.7. The number of carbonyl (C=O) groups excluding carboxylic acids is 1. The maximum atomic E-state index is 12.6. The molecule has 6 nitrogen and oxygen atoms in total. The SMILES string of the molecule is N#Cc1c(NC(=O)CCSc2nnc(C3CC3)n2-c2ccccc2)sc2c1CCCC2. The van der Waals surface area contributed by atoms with Crippen LogP contribution in [0.4, 0.5) is 5.00 Å². The first kappa shape index (κ1) is 20.3. The molecule has 158 valence electrons. The summed E-state index contributed by atoms with van der Waals surface area (Å²) in [6.07, 6.45) is 6.91. The van der Waals surface area contributed by atoms with Crippen LogP contribution in [0.25, 0.3) is 5.69 Å². The topological polar surface area (TPSA) is 83.6 Å². The number of fused-ring (bicyclic) bond motifs is 1. The van der Waals surface area contributed by atoms with Gasteiger partial charge < -0.3 is 5.32 Å². The summed E-state index contributed by atoms with van der Waals surface area (Å²) < 4.78 is 2.13. The number of aromatic nitrogens is 3. The van der Waals surface area contributed by atoms with Gasteiger partial charge in [0.2, 0.25) is 5.91 Å². The zero-order chi connectivity index (χ0) is 21.2. The van der Waals surface area contributed by atoms with E-state index in [2.05, 4.69) is 38.3 Å². The van der Waals surface area contributed by atoms with Crippen molar-refractivity contribution in [2.45, 2.75) is 56.0 Å². The van der Waals surface area contributed by atoms with E-state index in [1.165, 1.54) is 4.88 Å². The zero-order valence-corrected chi connectivity index (χ0v) is 18.8. The molecule has 31 heavy (non-hydrogen) atoms. The van der Waals surface area contributed by atoms with Crippen LogP contribution in [0, 0.1) is 11.3 Å². The smallest absolute Gasteiger partial charge is 0.225 e. The van der Waals surface area contributed by atoms with Crippen molar-refractivity contribution in [2.24, 2.45) is 0 Å². The Morgan fingerprint density at radius 1 is 1.23 bits per heavy atom. The molecule has 2 aliphatic rings. The minimum absolute atomic E-state index is 0.0595. The zero-order valence-electron chi connectivity index (χ0n) is 17.1. The van der Waals surface area contributed by atoms with Gasteiger partial charge in [0.25, 0.3) is 0 Å². The van der Waals surface area contributed by atoms with Crippen molar-refractivity contribution < 1.29 is 4.79 Å². The summed E-state index contributed by atoms with van der Waals surface area (Å²) in [7, 11) is 0. The number of nitriles is 1. The van der Waals surface area contributed by atoms with Crippen LogP contribution >= 0.6 is 23.1 Å². The fourth-order valence-electron chi connectivity index (χ4n) is 4.00. The van der Waals surface area contributed by atoms with Crippen LogP contribution in [-0.4, -0.2) is 26.4 Å². The number of hydrogen-bond donors (Lipinski definition) is 1. The van der Waals surface area contributed by atoms with Gasteiger partial charge in [0.1, 0.15) is 16.9 Å². The van der Waals surface area contributed by atoms with E-state index in [0.717, 1.165) is 60.8 Å². The van der Waals surface area contributed by atoms with Crippen LogP contribution < -0.4 is 5.32 Å². The third kappa shape index (κ3) is 4.25. The number of anilines is 1. The van der Waals surface area contributed by atoms with Gasteiger partial charge >= 0.3 is 0 Å². The van der Waals surface area contributed by atoms with E-state index in [1.54, 1.807) is 23.1 Å². The number of rotatable bonds is 7. The van der Waals surface area contributed by atoms with E-state index in [0.29, 0.717) is 28.7 Å². The van der Waals surface area contributed by atoms with Crippen molar-refractivity contribution in [3.05, 3.63) is 52.2 Å². The summed E-state index contributed by atoms with van der Waals surface area (Å²) in [5.74, 6) is 2.05. The number of thiophene rings is 1. The normalized spacial score (nSPS) is 15.3. The van der Waals surface area contributed by atoms with Gasteiger partial charge in [0.15, 0.2) is 5.16 Å². The fourth-order valence-corrected chi connectivity index (χ4v) is 6.15. The highest BCUT2D eigenvalue weighted by Crippen LogP contribution is 2.41. The Hall–Kier alpha value is -2.63. The quantitative estimate of drug-likeness (QED) is 0.509. The molecule has 2 aromatic heterocycles. The van der Waals surface area contributed by atoms with E-state index in [-0.39, 0.29) is 5.91 Å². The van der Waals surface area contributed by atoms with Crippen LogP contribution in [0.1, 0.15) is 59.9 Å². The average molecular weight is 450 g/mol. The van der Waals surface area contributed by atoms with Crippen LogP contribution in [0.15, 0.2) is 35.5 Å². The molecule has 1 N–H and O–H groups in total. The lowest BCUT2D eigenvalue weighted by Crippen LogP contribution is -2.12. The number of hydrogen-bond acceptors (Lipinski definition) is 6. The summed E-state index contributed by atoms with van der Waals surface area (Å²) in [4.78, 5) is 13.9. The number of nitrogens with zero attached hydrogens (tertiary/aromatic N) is 4. The highest BCUT2D eigenvalue weighted by molar-refractivity contribution is 7.99. The van der Waals surface area contributed by atoms with Crippen molar-refractivity contribution in [3.8, 4) is 11.8 Å².